The summed E-state index contributed by atoms with van der Waals surface area (Å²) in [6.45, 7) is 3.28. The number of hydrazine groups is 1. The van der Waals surface area contributed by atoms with Crippen LogP contribution in [0.5, 0.6) is 0 Å². The second kappa shape index (κ2) is 7.03. The van der Waals surface area contributed by atoms with E-state index in [1.54, 1.807) is 24.3 Å². The summed E-state index contributed by atoms with van der Waals surface area (Å²) in [7, 11) is -3.52. The summed E-state index contributed by atoms with van der Waals surface area (Å²) in [5.41, 5.74) is 2.81. The average molecular weight is 298 g/mol. The van der Waals surface area contributed by atoms with E-state index < -0.39 is 10.0 Å². The predicted molar refractivity (Wildman–Crippen MR) is 79.7 cm³/mol. The van der Waals surface area contributed by atoms with Gasteiger partial charge in [0.05, 0.1) is 5.69 Å². The number of para-hydroxylation sites is 1. The first-order valence-electron chi connectivity index (χ1n) is 6.91. The van der Waals surface area contributed by atoms with Gasteiger partial charge in [0.1, 0.15) is 4.90 Å². The summed E-state index contributed by atoms with van der Waals surface area (Å²) in [6.07, 6.45) is 3.68. The highest BCUT2D eigenvalue weighted by molar-refractivity contribution is 7.89. The normalized spacial score (nSPS) is 17.1. The molecule has 0 atom stereocenters. The molecular formula is C13H22N4O2S. The third-order valence-electron chi connectivity index (χ3n) is 3.50. The van der Waals surface area contributed by atoms with Crippen molar-refractivity contribution in [2.75, 3.05) is 31.6 Å². The Balaban J connectivity index is 1.93. The maximum Gasteiger partial charge on any atom is 0.242 e. The molecule has 1 aromatic rings. The van der Waals surface area contributed by atoms with E-state index in [-0.39, 0.29) is 4.90 Å². The zero-order valence-corrected chi connectivity index (χ0v) is 12.3. The molecule has 1 saturated heterocycles. The molecule has 0 bridgehead atoms. The highest BCUT2D eigenvalue weighted by Gasteiger charge is 2.18. The summed E-state index contributed by atoms with van der Waals surface area (Å²) in [4.78, 5) is 2.47. The summed E-state index contributed by atoms with van der Waals surface area (Å²) in [5, 5.41) is 0. The molecule has 0 aliphatic carbocycles. The molecule has 4 N–H and O–H groups in total. The van der Waals surface area contributed by atoms with E-state index in [1.165, 1.54) is 19.3 Å². The Morgan fingerprint density at radius 2 is 1.85 bits per heavy atom. The number of nitrogens with one attached hydrogen (secondary N) is 2. The first kappa shape index (κ1) is 15.2. The molecule has 0 spiro atoms. The standard InChI is InChI=1S/C13H22N4O2S/c14-16-12-6-2-3-7-13(12)20(18,19)15-8-11-17-9-4-1-5-10-17/h2-3,6-7,15-16H,1,4-5,8-11,14H2. The van der Waals surface area contributed by atoms with Crippen molar-refractivity contribution >= 4 is 15.7 Å². The first-order valence-corrected chi connectivity index (χ1v) is 8.39. The van der Waals surface area contributed by atoms with Gasteiger partial charge in [0.2, 0.25) is 10.0 Å². The van der Waals surface area contributed by atoms with Gasteiger partial charge >= 0.3 is 0 Å². The molecule has 6 nitrogen and oxygen atoms in total. The molecular weight excluding hydrogens is 276 g/mol. The van der Waals surface area contributed by atoms with Crippen LogP contribution in [-0.4, -0.2) is 39.5 Å². The van der Waals surface area contributed by atoms with Gasteiger partial charge < -0.3 is 10.3 Å². The fraction of sp³-hybridized carbons (Fsp3) is 0.538. The molecule has 7 heteroatoms. The van der Waals surface area contributed by atoms with Crippen LogP contribution in [0.15, 0.2) is 29.2 Å². The van der Waals surface area contributed by atoms with E-state index in [9.17, 15) is 8.42 Å². The number of anilines is 1. The fourth-order valence-corrected chi connectivity index (χ4v) is 3.61. The number of nitrogen functional groups attached to an aromatic ring is 1. The smallest absolute Gasteiger partial charge is 0.242 e. The van der Waals surface area contributed by atoms with Crippen LogP contribution in [0.1, 0.15) is 19.3 Å². The molecule has 1 heterocycles. The van der Waals surface area contributed by atoms with Crippen LogP contribution in [0.3, 0.4) is 0 Å². The van der Waals surface area contributed by atoms with Crippen molar-refractivity contribution in [1.82, 2.24) is 9.62 Å². The maximum atomic E-state index is 12.2. The van der Waals surface area contributed by atoms with E-state index >= 15 is 0 Å². The Labute approximate surface area is 120 Å². The molecule has 0 unspecified atom stereocenters. The Bertz CT molecular complexity index is 527. The van der Waals surface area contributed by atoms with Gasteiger partial charge in [-0.2, -0.15) is 0 Å². The Morgan fingerprint density at radius 1 is 1.15 bits per heavy atom. The summed E-state index contributed by atoms with van der Waals surface area (Å²) in [5.74, 6) is 5.34. The van der Waals surface area contributed by atoms with Gasteiger partial charge in [-0.05, 0) is 38.1 Å². The topological polar surface area (TPSA) is 87.5 Å². The van der Waals surface area contributed by atoms with Gasteiger partial charge in [-0.15, -0.1) is 0 Å². The molecule has 0 radical (unpaired) electrons. The lowest BCUT2D eigenvalue weighted by Crippen LogP contribution is -2.37. The summed E-state index contributed by atoms with van der Waals surface area (Å²) < 4.78 is 27.1. The molecule has 0 amide bonds. The lowest BCUT2D eigenvalue weighted by atomic mass is 10.1. The molecule has 1 aliphatic heterocycles. The Hall–Kier alpha value is -1.15. The van der Waals surface area contributed by atoms with Crippen molar-refractivity contribution in [3.8, 4) is 0 Å². The third-order valence-corrected chi connectivity index (χ3v) is 5.02. The van der Waals surface area contributed by atoms with E-state index in [1.807, 2.05) is 0 Å². The number of nitrogens with zero attached hydrogens (tertiary/aromatic N) is 1. The number of hydrogen-bond donors (Lipinski definition) is 3. The summed E-state index contributed by atoms with van der Waals surface area (Å²) >= 11 is 0. The zero-order valence-electron chi connectivity index (χ0n) is 11.5. The minimum atomic E-state index is -3.52. The second-order valence-corrected chi connectivity index (χ2v) is 6.68. The molecule has 1 fully saturated rings. The van der Waals surface area contributed by atoms with Gasteiger partial charge in [-0.25, -0.2) is 13.1 Å². The summed E-state index contributed by atoms with van der Waals surface area (Å²) in [6, 6.07) is 6.60. The van der Waals surface area contributed by atoms with Crippen molar-refractivity contribution in [3.05, 3.63) is 24.3 Å². The Kier molecular flexibility index (Phi) is 5.36. The Morgan fingerprint density at radius 3 is 2.55 bits per heavy atom. The lowest BCUT2D eigenvalue weighted by molar-refractivity contribution is 0.233. The number of nitrogens with two attached hydrogens (primary N) is 1. The van der Waals surface area contributed by atoms with E-state index in [2.05, 4.69) is 15.0 Å². The predicted octanol–water partition coefficient (Wildman–Crippen LogP) is 0.736. The number of sulfonamides is 1. The second-order valence-electron chi connectivity index (χ2n) is 4.94. The van der Waals surface area contributed by atoms with E-state index in [4.69, 9.17) is 5.84 Å². The van der Waals surface area contributed by atoms with Crippen LogP contribution < -0.4 is 16.0 Å². The van der Waals surface area contributed by atoms with E-state index in [0.29, 0.717) is 12.2 Å². The molecule has 2 rings (SSSR count). The molecule has 1 aliphatic rings. The van der Waals surface area contributed by atoms with Crippen molar-refractivity contribution in [2.24, 2.45) is 5.84 Å². The molecule has 20 heavy (non-hydrogen) atoms. The number of piperidine rings is 1. The SMILES string of the molecule is NNc1ccccc1S(=O)(=O)NCCN1CCCCC1. The van der Waals surface area contributed by atoms with Crippen molar-refractivity contribution in [2.45, 2.75) is 24.2 Å². The first-order chi connectivity index (χ1) is 9.63. The van der Waals surface area contributed by atoms with Crippen molar-refractivity contribution in [1.29, 1.82) is 0 Å². The third kappa shape index (κ3) is 3.92. The number of hydrogen-bond acceptors (Lipinski definition) is 5. The molecule has 1 aromatic carbocycles. The van der Waals surface area contributed by atoms with Crippen LogP contribution in [0.2, 0.25) is 0 Å². The monoisotopic (exact) mass is 298 g/mol. The number of rotatable bonds is 6. The number of likely N-dealkylation sites (tertiary alicyclic amines) is 1. The van der Waals surface area contributed by atoms with Crippen LogP contribution >= 0.6 is 0 Å². The molecule has 0 saturated carbocycles. The highest BCUT2D eigenvalue weighted by atomic mass is 32.2. The maximum absolute atomic E-state index is 12.2. The van der Waals surface area contributed by atoms with Gasteiger partial charge in [0.15, 0.2) is 0 Å². The van der Waals surface area contributed by atoms with Gasteiger partial charge in [-0.1, -0.05) is 18.6 Å². The molecule has 0 aromatic heterocycles. The lowest BCUT2D eigenvalue weighted by Gasteiger charge is -2.26. The highest BCUT2D eigenvalue weighted by Crippen LogP contribution is 2.19. The van der Waals surface area contributed by atoms with Gasteiger partial charge in [0, 0.05) is 13.1 Å². The van der Waals surface area contributed by atoms with Crippen LogP contribution in [0.25, 0.3) is 0 Å². The zero-order chi connectivity index (χ0) is 14.4. The van der Waals surface area contributed by atoms with Crippen LogP contribution in [0, 0.1) is 0 Å². The molecule has 112 valence electrons. The van der Waals surface area contributed by atoms with Crippen LogP contribution in [-0.2, 0) is 10.0 Å². The van der Waals surface area contributed by atoms with Crippen LogP contribution in [0.4, 0.5) is 5.69 Å². The van der Waals surface area contributed by atoms with E-state index in [0.717, 1.165) is 19.6 Å². The number of benzene rings is 1. The minimum Gasteiger partial charge on any atom is -0.323 e. The van der Waals surface area contributed by atoms with Gasteiger partial charge in [-0.3, -0.25) is 5.84 Å². The van der Waals surface area contributed by atoms with Crippen molar-refractivity contribution in [3.63, 3.8) is 0 Å². The minimum absolute atomic E-state index is 0.182. The largest absolute Gasteiger partial charge is 0.323 e. The van der Waals surface area contributed by atoms with Gasteiger partial charge in [0.25, 0.3) is 0 Å². The fourth-order valence-electron chi connectivity index (χ4n) is 2.42. The van der Waals surface area contributed by atoms with Crippen molar-refractivity contribution < 1.29 is 8.42 Å². The average Bonchev–Trinajstić information content (AvgIpc) is 2.48. The quantitative estimate of drug-likeness (QED) is 0.532.